The second-order valence-corrected chi connectivity index (χ2v) is 9.98. The fraction of sp³-hybridized carbons (Fsp3) is 0.321. The maximum atomic E-state index is 14.7. The molecule has 2 aromatic carbocycles. The van der Waals surface area contributed by atoms with Crippen LogP contribution in [0.1, 0.15) is 27.4 Å². The maximum Gasteiger partial charge on any atom is 0.291 e. The number of nitrogens with one attached hydrogen (secondary N) is 4. The van der Waals surface area contributed by atoms with Gasteiger partial charge in [-0.2, -0.15) is 9.65 Å². The third-order valence-corrected chi connectivity index (χ3v) is 7.09. The Kier molecular flexibility index (Phi) is 10.3. The van der Waals surface area contributed by atoms with Crippen molar-refractivity contribution < 1.29 is 33.0 Å². The molecule has 1 saturated heterocycles. The molecule has 1 aliphatic heterocycles. The molecule has 12 nitrogen and oxygen atoms in total. The Balaban J connectivity index is 1.34. The lowest BCUT2D eigenvalue weighted by Crippen LogP contribution is -2.48. The molecule has 0 saturated carbocycles. The number of hydrogen-bond donors (Lipinski definition) is 5. The number of imidazole rings is 1. The molecular formula is C28H28ClF2N7O5. The van der Waals surface area contributed by atoms with E-state index in [-0.39, 0.29) is 52.4 Å². The molecular weight excluding hydrogens is 588 g/mol. The van der Waals surface area contributed by atoms with Crippen LogP contribution in [0.2, 0.25) is 5.02 Å². The van der Waals surface area contributed by atoms with Crippen LogP contribution in [0, 0.1) is 28.9 Å². The van der Waals surface area contributed by atoms with Crippen molar-refractivity contribution in [3.63, 3.8) is 0 Å². The summed E-state index contributed by atoms with van der Waals surface area (Å²) in [6.45, 7) is 0.827. The number of halogens is 3. The van der Waals surface area contributed by atoms with E-state index in [9.17, 15) is 28.3 Å². The predicted molar refractivity (Wildman–Crippen MR) is 151 cm³/mol. The van der Waals surface area contributed by atoms with Crippen molar-refractivity contribution in [1.82, 2.24) is 25.5 Å². The number of carbonyl (C=O) groups excluding carboxylic acids is 3. The van der Waals surface area contributed by atoms with Crippen LogP contribution < -0.4 is 26.0 Å². The summed E-state index contributed by atoms with van der Waals surface area (Å²) in [5.74, 6) is -4.99. The molecule has 5 N–H and O–H groups in total. The van der Waals surface area contributed by atoms with Crippen molar-refractivity contribution in [2.45, 2.75) is 12.5 Å². The standard InChI is InChI=1S/C28H28ClF2N7O5/c1-38-20(17-4-5-22(43-11-7-32)24(31)23(17)30)13-36-25(38)28(42)37-15-2-3-16(19(29)12-15)26(40)34-9-10-35-27(41)18-6-8-33-14-21(18)39/h2-5,12-13,18,21,33,39H,6,8-11,14H2,1H3,(H,34,40)(H,35,41)(H,37,42)/t18-,21+/m1/s1. The fourth-order valence-corrected chi connectivity index (χ4v) is 4.79. The highest BCUT2D eigenvalue weighted by molar-refractivity contribution is 6.34. The zero-order valence-electron chi connectivity index (χ0n) is 22.9. The normalized spacial score (nSPS) is 16.2. The summed E-state index contributed by atoms with van der Waals surface area (Å²) in [6, 6.07) is 8.33. The average Bonchev–Trinajstić information content (AvgIpc) is 3.37. The Bertz CT molecular complexity index is 1580. The highest BCUT2D eigenvalue weighted by Crippen LogP contribution is 2.30. The summed E-state index contributed by atoms with van der Waals surface area (Å²) in [5, 5.41) is 29.5. The molecule has 226 valence electrons. The van der Waals surface area contributed by atoms with Crippen LogP contribution in [-0.4, -0.2) is 71.3 Å². The van der Waals surface area contributed by atoms with E-state index in [1.807, 2.05) is 0 Å². The number of ether oxygens (including phenoxy) is 1. The van der Waals surface area contributed by atoms with E-state index in [0.29, 0.717) is 19.5 Å². The molecule has 0 radical (unpaired) electrons. The average molecular weight is 616 g/mol. The number of hydrogen-bond acceptors (Lipinski definition) is 8. The molecule has 1 fully saturated rings. The molecule has 0 unspecified atom stereocenters. The topological polar surface area (TPSA) is 170 Å². The van der Waals surface area contributed by atoms with Crippen molar-refractivity contribution >= 4 is 35.0 Å². The Morgan fingerprint density at radius 1 is 1.19 bits per heavy atom. The van der Waals surface area contributed by atoms with Crippen LogP contribution in [0.5, 0.6) is 5.75 Å². The van der Waals surface area contributed by atoms with E-state index < -0.39 is 47.8 Å². The van der Waals surface area contributed by atoms with Crippen LogP contribution in [0.25, 0.3) is 11.3 Å². The smallest absolute Gasteiger partial charge is 0.291 e. The summed E-state index contributed by atoms with van der Waals surface area (Å²) < 4.78 is 35.3. The van der Waals surface area contributed by atoms with Gasteiger partial charge in [0.2, 0.25) is 11.7 Å². The van der Waals surface area contributed by atoms with Gasteiger partial charge >= 0.3 is 0 Å². The lowest BCUT2D eigenvalue weighted by atomic mass is 9.94. The van der Waals surface area contributed by atoms with Crippen molar-refractivity contribution in [3.05, 3.63) is 64.6 Å². The minimum Gasteiger partial charge on any atom is -0.476 e. The van der Waals surface area contributed by atoms with Crippen LogP contribution >= 0.6 is 11.6 Å². The third-order valence-electron chi connectivity index (χ3n) is 6.77. The van der Waals surface area contributed by atoms with Gasteiger partial charge in [0.25, 0.3) is 11.8 Å². The van der Waals surface area contributed by atoms with Gasteiger partial charge in [-0.1, -0.05) is 11.6 Å². The monoisotopic (exact) mass is 615 g/mol. The Hall–Kier alpha value is -4.58. The molecule has 0 bridgehead atoms. The number of piperidine rings is 1. The van der Waals surface area contributed by atoms with Gasteiger partial charge in [0.1, 0.15) is 6.07 Å². The third kappa shape index (κ3) is 7.26. The minimum atomic E-state index is -1.28. The number of rotatable bonds is 10. The molecule has 15 heteroatoms. The first-order valence-electron chi connectivity index (χ1n) is 13.2. The number of aliphatic hydroxyl groups excluding tert-OH is 1. The number of aliphatic hydroxyl groups is 1. The van der Waals surface area contributed by atoms with E-state index in [0.717, 1.165) is 0 Å². The Morgan fingerprint density at radius 2 is 1.95 bits per heavy atom. The van der Waals surface area contributed by atoms with Crippen molar-refractivity contribution in [1.29, 1.82) is 5.26 Å². The lowest BCUT2D eigenvalue weighted by molar-refractivity contribution is -0.129. The summed E-state index contributed by atoms with van der Waals surface area (Å²) >= 11 is 6.29. The van der Waals surface area contributed by atoms with E-state index in [1.54, 1.807) is 6.07 Å². The van der Waals surface area contributed by atoms with Crippen LogP contribution in [0.15, 0.2) is 36.5 Å². The molecule has 1 aromatic heterocycles. The highest BCUT2D eigenvalue weighted by Gasteiger charge is 2.29. The van der Waals surface area contributed by atoms with Gasteiger partial charge in [-0.25, -0.2) is 9.37 Å². The predicted octanol–water partition coefficient (Wildman–Crippen LogP) is 1.99. The number of nitriles is 1. The van der Waals surface area contributed by atoms with Gasteiger partial charge in [0, 0.05) is 37.9 Å². The number of aromatic nitrogens is 2. The minimum absolute atomic E-state index is 0.0499. The summed E-state index contributed by atoms with van der Waals surface area (Å²) in [7, 11) is 1.45. The van der Waals surface area contributed by atoms with Gasteiger partial charge in [-0.05, 0) is 43.3 Å². The lowest BCUT2D eigenvalue weighted by Gasteiger charge is -2.27. The Morgan fingerprint density at radius 3 is 2.67 bits per heavy atom. The van der Waals surface area contributed by atoms with E-state index >= 15 is 0 Å². The van der Waals surface area contributed by atoms with E-state index in [1.165, 1.54) is 48.1 Å². The molecule has 1 aliphatic rings. The zero-order chi connectivity index (χ0) is 31.1. The summed E-state index contributed by atoms with van der Waals surface area (Å²) in [4.78, 5) is 41.8. The molecule has 3 aromatic rings. The van der Waals surface area contributed by atoms with E-state index in [2.05, 4.69) is 26.3 Å². The molecule has 2 atom stereocenters. The molecule has 2 heterocycles. The number of nitrogens with zero attached hydrogens (tertiary/aromatic N) is 3. The quantitative estimate of drug-likeness (QED) is 0.216. The first-order valence-corrected chi connectivity index (χ1v) is 13.6. The molecule has 3 amide bonds. The molecule has 0 aliphatic carbocycles. The van der Waals surface area contributed by atoms with Gasteiger partial charge < -0.3 is 35.7 Å². The number of anilines is 1. The van der Waals surface area contributed by atoms with E-state index in [4.69, 9.17) is 21.6 Å². The second kappa shape index (κ2) is 14.1. The van der Waals surface area contributed by atoms with Gasteiger partial charge in [-0.15, -0.1) is 0 Å². The molecule has 0 spiro atoms. The van der Waals surface area contributed by atoms with Gasteiger partial charge in [-0.3, -0.25) is 14.4 Å². The van der Waals surface area contributed by atoms with Crippen LogP contribution in [0.3, 0.4) is 0 Å². The highest BCUT2D eigenvalue weighted by atomic mass is 35.5. The van der Waals surface area contributed by atoms with Crippen LogP contribution in [-0.2, 0) is 11.8 Å². The molecule has 4 rings (SSSR count). The number of β-amino-alcohol motifs (C(OH)–C–C–N with tert-alkyl or cyclic N) is 1. The SMILES string of the molecule is Cn1c(-c2ccc(OCC#N)c(F)c2F)cnc1C(=O)Nc1ccc(C(=O)NCCNC(=O)[C@@H]2CCNC[C@@H]2O)c(Cl)c1. The first kappa shape index (κ1) is 31.4. The Labute approximate surface area is 250 Å². The van der Waals surface area contributed by atoms with Crippen LogP contribution in [0.4, 0.5) is 14.5 Å². The summed E-state index contributed by atoms with van der Waals surface area (Å²) in [6.07, 6.45) is 0.967. The maximum absolute atomic E-state index is 14.7. The number of amides is 3. The zero-order valence-corrected chi connectivity index (χ0v) is 23.7. The van der Waals surface area contributed by atoms with Crippen molar-refractivity contribution in [3.8, 4) is 23.1 Å². The van der Waals surface area contributed by atoms with Gasteiger partial charge in [0.15, 0.2) is 24.0 Å². The number of carbonyl (C=O) groups is 3. The fourth-order valence-electron chi connectivity index (χ4n) is 4.52. The molecule has 43 heavy (non-hydrogen) atoms. The number of benzene rings is 2. The van der Waals surface area contributed by atoms with Crippen molar-refractivity contribution in [2.75, 3.05) is 38.1 Å². The van der Waals surface area contributed by atoms with Crippen molar-refractivity contribution in [2.24, 2.45) is 13.0 Å². The summed E-state index contributed by atoms with van der Waals surface area (Å²) in [5.41, 5.74) is 0.332. The largest absolute Gasteiger partial charge is 0.476 e. The second-order valence-electron chi connectivity index (χ2n) is 9.57. The van der Waals surface area contributed by atoms with Gasteiger partial charge in [0.05, 0.1) is 34.5 Å². The first-order chi connectivity index (χ1) is 20.6.